The van der Waals surface area contributed by atoms with E-state index in [-0.39, 0.29) is 0 Å². The Hall–Kier alpha value is -0.610. The van der Waals surface area contributed by atoms with Crippen molar-refractivity contribution < 1.29 is 4.79 Å². The highest BCUT2D eigenvalue weighted by Gasteiger charge is 1.98. The number of nitrogens with zero attached hydrogens (tertiary/aromatic N) is 1. The van der Waals surface area contributed by atoms with Crippen molar-refractivity contribution in [2.75, 3.05) is 5.32 Å². The van der Waals surface area contributed by atoms with Gasteiger partial charge >= 0.3 is 0 Å². The van der Waals surface area contributed by atoms with Crippen molar-refractivity contribution in [3.63, 3.8) is 0 Å². The lowest BCUT2D eigenvalue weighted by molar-refractivity contribution is -0.105. The van der Waals surface area contributed by atoms with Crippen molar-refractivity contribution >= 4 is 39.8 Å². The van der Waals surface area contributed by atoms with Crippen LogP contribution in [0.5, 0.6) is 0 Å². The van der Waals surface area contributed by atoms with Gasteiger partial charge in [-0.1, -0.05) is 11.6 Å². The van der Waals surface area contributed by atoms with Crippen molar-refractivity contribution in [2.24, 2.45) is 0 Å². The van der Waals surface area contributed by atoms with E-state index >= 15 is 0 Å². The van der Waals surface area contributed by atoms with Crippen LogP contribution in [0.2, 0.25) is 5.02 Å². The maximum Gasteiger partial charge on any atom is 0.212 e. The van der Waals surface area contributed by atoms with E-state index in [1.54, 1.807) is 6.07 Å². The van der Waals surface area contributed by atoms with Crippen molar-refractivity contribution in [2.45, 2.75) is 0 Å². The fourth-order valence-electron chi connectivity index (χ4n) is 0.553. The van der Waals surface area contributed by atoms with Crippen LogP contribution in [0.15, 0.2) is 16.7 Å². The van der Waals surface area contributed by atoms with Crippen molar-refractivity contribution in [1.29, 1.82) is 0 Å². The fourth-order valence-corrected chi connectivity index (χ4v) is 0.922. The highest BCUT2D eigenvalue weighted by Crippen LogP contribution is 2.22. The molecule has 0 bridgehead atoms. The van der Waals surface area contributed by atoms with Gasteiger partial charge in [0.2, 0.25) is 6.41 Å². The first-order chi connectivity index (χ1) is 5.24. The molecule has 1 aromatic heterocycles. The highest BCUT2D eigenvalue weighted by atomic mass is 79.9. The molecule has 0 spiro atoms. The van der Waals surface area contributed by atoms with E-state index in [2.05, 4.69) is 26.2 Å². The molecule has 11 heavy (non-hydrogen) atoms. The summed E-state index contributed by atoms with van der Waals surface area (Å²) in [5.41, 5.74) is 0. The molecule has 0 aliphatic heterocycles. The van der Waals surface area contributed by atoms with E-state index in [1.807, 2.05) is 0 Å². The van der Waals surface area contributed by atoms with Gasteiger partial charge in [-0.2, -0.15) is 0 Å². The minimum atomic E-state index is 0.438. The number of anilines is 1. The number of aromatic nitrogens is 1. The Kier molecular flexibility index (Phi) is 2.84. The first kappa shape index (κ1) is 8.49. The van der Waals surface area contributed by atoms with Gasteiger partial charge in [0.15, 0.2) is 0 Å². The molecular weight excluding hydrogens is 231 g/mol. The van der Waals surface area contributed by atoms with Gasteiger partial charge < -0.3 is 5.32 Å². The molecule has 5 heteroatoms. The average molecular weight is 235 g/mol. The van der Waals surface area contributed by atoms with E-state index in [9.17, 15) is 4.79 Å². The Morgan fingerprint density at radius 1 is 1.73 bits per heavy atom. The predicted molar refractivity (Wildman–Crippen MR) is 46.6 cm³/mol. The molecule has 1 rings (SSSR count). The van der Waals surface area contributed by atoms with Gasteiger partial charge in [0.1, 0.15) is 5.82 Å². The lowest BCUT2D eigenvalue weighted by Gasteiger charge is -1.98. The van der Waals surface area contributed by atoms with E-state index in [1.165, 1.54) is 6.20 Å². The largest absolute Gasteiger partial charge is 0.313 e. The van der Waals surface area contributed by atoms with Crippen molar-refractivity contribution in [3.8, 4) is 0 Å². The molecule has 0 aromatic carbocycles. The van der Waals surface area contributed by atoms with Crippen LogP contribution in [-0.2, 0) is 4.79 Å². The molecule has 0 radical (unpaired) electrons. The zero-order valence-electron chi connectivity index (χ0n) is 5.34. The van der Waals surface area contributed by atoms with Gasteiger partial charge in [-0.05, 0) is 15.9 Å². The zero-order chi connectivity index (χ0) is 8.27. The van der Waals surface area contributed by atoms with Crippen molar-refractivity contribution in [3.05, 3.63) is 21.8 Å². The van der Waals surface area contributed by atoms with E-state index in [4.69, 9.17) is 11.6 Å². The van der Waals surface area contributed by atoms with Crippen LogP contribution in [0.3, 0.4) is 0 Å². The van der Waals surface area contributed by atoms with Crippen LogP contribution in [0.4, 0.5) is 5.82 Å². The lowest BCUT2D eigenvalue weighted by Crippen LogP contribution is -1.95. The van der Waals surface area contributed by atoms with Gasteiger partial charge in [-0.25, -0.2) is 4.98 Å². The van der Waals surface area contributed by atoms with Crippen LogP contribution in [0.25, 0.3) is 0 Å². The summed E-state index contributed by atoms with van der Waals surface area (Å²) < 4.78 is 0.704. The molecular formula is C6H4BrClN2O. The Morgan fingerprint density at radius 2 is 2.45 bits per heavy atom. The minimum Gasteiger partial charge on any atom is -0.313 e. The summed E-state index contributed by atoms with van der Waals surface area (Å²) >= 11 is 8.88. The number of pyridine rings is 1. The molecule has 1 heterocycles. The van der Waals surface area contributed by atoms with Crippen molar-refractivity contribution in [1.82, 2.24) is 4.98 Å². The molecule has 0 fully saturated rings. The minimum absolute atomic E-state index is 0.438. The Labute approximate surface area is 76.9 Å². The van der Waals surface area contributed by atoms with Gasteiger partial charge in [-0.3, -0.25) is 4.79 Å². The van der Waals surface area contributed by atoms with E-state index in [0.717, 1.165) is 0 Å². The molecule has 58 valence electrons. The second-order valence-electron chi connectivity index (χ2n) is 1.75. The van der Waals surface area contributed by atoms with Crippen LogP contribution in [0.1, 0.15) is 0 Å². The first-order valence-electron chi connectivity index (χ1n) is 2.75. The third-order valence-corrected chi connectivity index (χ3v) is 2.19. The second-order valence-corrected chi connectivity index (χ2v) is 3.01. The predicted octanol–water partition coefficient (Wildman–Crippen LogP) is 2.07. The summed E-state index contributed by atoms with van der Waals surface area (Å²) in [5.74, 6) is 0.438. The summed E-state index contributed by atoms with van der Waals surface area (Å²) in [6.45, 7) is 0. The third kappa shape index (κ3) is 2.17. The Bertz CT molecular complexity index is 279. The standard InChI is InChI=1S/C6H4BrClN2O/c7-4-2-9-6(10-3-11)1-5(4)8/h1-3H,(H,9,10,11). The summed E-state index contributed by atoms with van der Waals surface area (Å²) in [6, 6.07) is 1.56. The summed E-state index contributed by atoms with van der Waals surface area (Å²) in [7, 11) is 0. The number of rotatable bonds is 2. The van der Waals surface area contributed by atoms with Gasteiger partial charge in [0.25, 0.3) is 0 Å². The molecule has 0 aliphatic carbocycles. The van der Waals surface area contributed by atoms with Crippen LogP contribution >= 0.6 is 27.5 Å². The molecule has 0 unspecified atom stereocenters. The molecule has 0 aliphatic rings. The number of halogens is 2. The second kappa shape index (κ2) is 3.69. The highest BCUT2D eigenvalue weighted by molar-refractivity contribution is 9.10. The van der Waals surface area contributed by atoms with Crippen LogP contribution < -0.4 is 5.32 Å². The number of nitrogens with one attached hydrogen (secondary N) is 1. The van der Waals surface area contributed by atoms with Crippen LogP contribution in [0, 0.1) is 0 Å². The smallest absolute Gasteiger partial charge is 0.212 e. The quantitative estimate of drug-likeness (QED) is 0.797. The third-order valence-electron chi connectivity index (χ3n) is 1.02. The molecule has 1 amide bonds. The molecule has 1 aromatic rings. The monoisotopic (exact) mass is 234 g/mol. The van der Waals surface area contributed by atoms with E-state index in [0.29, 0.717) is 21.7 Å². The number of hydrogen-bond donors (Lipinski definition) is 1. The average Bonchev–Trinajstić information content (AvgIpc) is 1.98. The van der Waals surface area contributed by atoms with Crippen LogP contribution in [-0.4, -0.2) is 11.4 Å². The summed E-state index contributed by atoms with van der Waals surface area (Å²) in [6.07, 6.45) is 2.07. The summed E-state index contributed by atoms with van der Waals surface area (Å²) in [4.78, 5) is 13.8. The maximum atomic E-state index is 9.96. The number of amides is 1. The number of carbonyl (C=O) groups excluding carboxylic acids is 1. The Morgan fingerprint density at radius 3 is 3.00 bits per heavy atom. The fraction of sp³-hybridized carbons (Fsp3) is 0. The molecule has 0 saturated carbocycles. The number of hydrogen-bond acceptors (Lipinski definition) is 2. The normalized spacial score (nSPS) is 9.27. The van der Waals surface area contributed by atoms with Gasteiger partial charge in [-0.15, -0.1) is 0 Å². The molecule has 1 N–H and O–H groups in total. The Balaban J connectivity index is 2.95. The first-order valence-corrected chi connectivity index (χ1v) is 3.92. The SMILES string of the molecule is O=CNc1cc(Cl)c(Br)cn1. The van der Waals surface area contributed by atoms with Gasteiger partial charge in [0.05, 0.1) is 9.50 Å². The lowest BCUT2D eigenvalue weighted by atomic mass is 10.5. The molecule has 0 saturated heterocycles. The maximum absolute atomic E-state index is 9.96. The van der Waals surface area contributed by atoms with E-state index < -0.39 is 0 Å². The molecule has 0 atom stereocenters. The molecule has 3 nitrogen and oxygen atoms in total. The number of carbonyl (C=O) groups is 1. The van der Waals surface area contributed by atoms with Gasteiger partial charge in [0, 0.05) is 12.3 Å². The topological polar surface area (TPSA) is 42.0 Å². The summed E-state index contributed by atoms with van der Waals surface area (Å²) in [5, 5.41) is 2.90. The zero-order valence-corrected chi connectivity index (χ0v) is 7.69.